The Bertz CT molecular complexity index is 626. The van der Waals surface area contributed by atoms with E-state index in [4.69, 9.17) is 17.2 Å². The third-order valence-electron chi connectivity index (χ3n) is 4.32. The van der Waals surface area contributed by atoms with Crippen LogP contribution in [0.3, 0.4) is 0 Å². The standard InChI is InChI=1S/C18H34N6O6/c1-9(2)14(18(29)30)24-15(26)10(3)22-17(28)12(6-4-5-7-19)23-16(27)11(20)8-13(21)25/h9-12,14H,4-8,19-20H2,1-3H3,(H2,21,25)(H,22,28)(H,23,27)(H,24,26)(H,29,30). The van der Waals surface area contributed by atoms with Gasteiger partial charge in [-0.25, -0.2) is 4.79 Å². The topological polar surface area (TPSA) is 220 Å². The van der Waals surface area contributed by atoms with Crippen molar-refractivity contribution in [3.8, 4) is 0 Å². The van der Waals surface area contributed by atoms with Crippen molar-refractivity contribution in [3.05, 3.63) is 0 Å². The predicted molar refractivity (Wildman–Crippen MR) is 109 cm³/mol. The molecule has 4 amide bonds. The molecule has 0 radical (unpaired) electrons. The van der Waals surface area contributed by atoms with Gasteiger partial charge >= 0.3 is 5.97 Å². The summed E-state index contributed by atoms with van der Waals surface area (Å²) >= 11 is 0. The third-order valence-corrected chi connectivity index (χ3v) is 4.32. The Morgan fingerprint density at radius 3 is 1.97 bits per heavy atom. The van der Waals surface area contributed by atoms with Crippen LogP contribution >= 0.6 is 0 Å². The molecule has 12 nitrogen and oxygen atoms in total. The number of carbonyl (C=O) groups is 5. The Morgan fingerprint density at radius 2 is 1.50 bits per heavy atom. The van der Waals surface area contributed by atoms with E-state index in [1.54, 1.807) is 13.8 Å². The van der Waals surface area contributed by atoms with Crippen LogP contribution in [-0.2, 0) is 24.0 Å². The maximum absolute atomic E-state index is 12.6. The van der Waals surface area contributed by atoms with Gasteiger partial charge in [0.05, 0.1) is 12.5 Å². The zero-order valence-electron chi connectivity index (χ0n) is 17.6. The number of amides is 4. The molecule has 0 saturated heterocycles. The van der Waals surface area contributed by atoms with Crippen LogP contribution in [0.5, 0.6) is 0 Å². The average molecular weight is 431 g/mol. The van der Waals surface area contributed by atoms with Gasteiger partial charge in [-0.2, -0.15) is 0 Å². The molecule has 0 aromatic rings. The Balaban J connectivity index is 5.08. The molecule has 0 fully saturated rings. The molecular formula is C18H34N6O6. The summed E-state index contributed by atoms with van der Waals surface area (Å²) in [6.45, 7) is 5.07. The van der Waals surface area contributed by atoms with Gasteiger partial charge in [0, 0.05) is 0 Å². The molecule has 0 aliphatic carbocycles. The summed E-state index contributed by atoms with van der Waals surface area (Å²) in [4.78, 5) is 59.2. The van der Waals surface area contributed by atoms with Crippen LogP contribution < -0.4 is 33.2 Å². The largest absolute Gasteiger partial charge is 0.480 e. The second-order valence-corrected chi connectivity index (χ2v) is 7.42. The second kappa shape index (κ2) is 13.5. The molecule has 30 heavy (non-hydrogen) atoms. The van der Waals surface area contributed by atoms with Gasteiger partial charge in [0.2, 0.25) is 23.6 Å². The summed E-state index contributed by atoms with van der Waals surface area (Å²) in [5.41, 5.74) is 16.1. The van der Waals surface area contributed by atoms with E-state index in [0.29, 0.717) is 19.4 Å². The molecule has 4 unspecified atom stereocenters. The monoisotopic (exact) mass is 430 g/mol. The minimum atomic E-state index is -1.21. The molecule has 0 aliphatic heterocycles. The number of primary amides is 1. The minimum Gasteiger partial charge on any atom is -0.480 e. The number of hydrogen-bond acceptors (Lipinski definition) is 7. The van der Waals surface area contributed by atoms with Crippen molar-refractivity contribution >= 4 is 29.6 Å². The molecule has 0 rings (SSSR count). The summed E-state index contributed by atoms with van der Waals surface area (Å²) in [6, 6.07) is -4.39. The van der Waals surface area contributed by atoms with Gasteiger partial charge in [-0.15, -0.1) is 0 Å². The van der Waals surface area contributed by atoms with Crippen molar-refractivity contribution in [2.45, 2.75) is 70.6 Å². The highest BCUT2D eigenvalue weighted by atomic mass is 16.4. The minimum absolute atomic E-state index is 0.232. The molecule has 0 bridgehead atoms. The van der Waals surface area contributed by atoms with Crippen molar-refractivity contribution in [2.75, 3.05) is 6.54 Å². The maximum Gasteiger partial charge on any atom is 0.326 e. The fourth-order valence-corrected chi connectivity index (χ4v) is 2.52. The highest BCUT2D eigenvalue weighted by Crippen LogP contribution is 2.05. The molecular weight excluding hydrogens is 396 g/mol. The summed E-state index contributed by atoms with van der Waals surface area (Å²) in [5, 5.41) is 16.4. The highest BCUT2D eigenvalue weighted by molar-refractivity contribution is 5.94. The highest BCUT2D eigenvalue weighted by Gasteiger charge is 2.29. The molecule has 10 N–H and O–H groups in total. The lowest BCUT2D eigenvalue weighted by atomic mass is 10.0. The van der Waals surface area contributed by atoms with Gasteiger partial charge < -0.3 is 38.3 Å². The number of carboxylic acids is 1. The van der Waals surface area contributed by atoms with Crippen LogP contribution in [0.25, 0.3) is 0 Å². The molecule has 172 valence electrons. The fraction of sp³-hybridized carbons (Fsp3) is 0.722. The van der Waals surface area contributed by atoms with Crippen LogP contribution in [-0.4, -0.2) is 65.4 Å². The number of nitrogens with two attached hydrogens (primary N) is 3. The number of carboxylic acid groups (broad SMARTS) is 1. The number of aliphatic carboxylic acids is 1. The van der Waals surface area contributed by atoms with Crippen molar-refractivity contribution in [2.24, 2.45) is 23.1 Å². The van der Waals surface area contributed by atoms with Crippen LogP contribution in [0.15, 0.2) is 0 Å². The van der Waals surface area contributed by atoms with Crippen molar-refractivity contribution in [3.63, 3.8) is 0 Å². The van der Waals surface area contributed by atoms with Crippen LogP contribution in [0.2, 0.25) is 0 Å². The lowest BCUT2D eigenvalue weighted by Gasteiger charge is -2.24. The molecule has 0 aromatic carbocycles. The molecule has 0 spiro atoms. The molecule has 4 atom stereocenters. The average Bonchev–Trinajstić information content (AvgIpc) is 2.63. The first-order valence-corrected chi connectivity index (χ1v) is 9.78. The van der Waals surface area contributed by atoms with Gasteiger partial charge in [0.1, 0.15) is 18.1 Å². The van der Waals surface area contributed by atoms with Crippen LogP contribution in [0.4, 0.5) is 0 Å². The molecule has 0 heterocycles. The van der Waals surface area contributed by atoms with E-state index < -0.39 is 53.8 Å². The number of carbonyl (C=O) groups excluding carboxylic acids is 4. The quantitative estimate of drug-likeness (QED) is 0.146. The van der Waals surface area contributed by atoms with Gasteiger partial charge in [-0.3, -0.25) is 19.2 Å². The van der Waals surface area contributed by atoms with E-state index in [2.05, 4.69) is 16.0 Å². The van der Waals surface area contributed by atoms with E-state index in [0.717, 1.165) is 0 Å². The lowest BCUT2D eigenvalue weighted by Crippen LogP contribution is -2.57. The Kier molecular flexibility index (Phi) is 12.3. The summed E-state index contributed by atoms with van der Waals surface area (Å²) < 4.78 is 0. The summed E-state index contributed by atoms with van der Waals surface area (Å²) in [7, 11) is 0. The number of rotatable bonds is 14. The summed E-state index contributed by atoms with van der Waals surface area (Å²) in [5.74, 6) is -4.36. The second-order valence-electron chi connectivity index (χ2n) is 7.42. The first-order chi connectivity index (χ1) is 13.9. The smallest absolute Gasteiger partial charge is 0.326 e. The van der Waals surface area contributed by atoms with Crippen LogP contribution in [0, 0.1) is 5.92 Å². The SMILES string of the molecule is CC(NC(=O)C(CCCCN)NC(=O)C(N)CC(N)=O)C(=O)NC(C(=O)O)C(C)C. The van der Waals surface area contributed by atoms with Gasteiger partial charge in [0.25, 0.3) is 0 Å². The first kappa shape index (κ1) is 27.3. The lowest BCUT2D eigenvalue weighted by molar-refractivity contribution is -0.143. The number of nitrogens with one attached hydrogen (secondary N) is 3. The molecule has 0 aliphatic rings. The Hall–Kier alpha value is -2.73. The van der Waals surface area contributed by atoms with E-state index in [1.165, 1.54) is 6.92 Å². The van der Waals surface area contributed by atoms with Crippen molar-refractivity contribution in [1.29, 1.82) is 0 Å². The normalized spacial score (nSPS) is 14.9. The van der Waals surface area contributed by atoms with Gasteiger partial charge in [0.15, 0.2) is 0 Å². The van der Waals surface area contributed by atoms with E-state index in [-0.39, 0.29) is 18.8 Å². The zero-order valence-corrected chi connectivity index (χ0v) is 17.6. The molecule has 12 heteroatoms. The Morgan fingerprint density at radius 1 is 0.900 bits per heavy atom. The van der Waals surface area contributed by atoms with Crippen molar-refractivity contribution < 1.29 is 29.1 Å². The maximum atomic E-state index is 12.6. The van der Waals surface area contributed by atoms with Crippen LogP contribution in [0.1, 0.15) is 46.5 Å². The van der Waals surface area contributed by atoms with Crippen molar-refractivity contribution in [1.82, 2.24) is 16.0 Å². The van der Waals surface area contributed by atoms with E-state index in [9.17, 15) is 29.1 Å². The summed E-state index contributed by atoms with van der Waals surface area (Å²) in [6.07, 6.45) is 0.982. The first-order valence-electron chi connectivity index (χ1n) is 9.78. The van der Waals surface area contributed by atoms with Gasteiger partial charge in [-0.05, 0) is 38.6 Å². The van der Waals surface area contributed by atoms with E-state index >= 15 is 0 Å². The molecule has 0 saturated carbocycles. The molecule has 0 aromatic heterocycles. The zero-order chi connectivity index (χ0) is 23.4. The number of unbranched alkanes of at least 4 members (excludes halogenated alkanes) is 1. The van der Waals surface area contributed by atoms with E-state index in [1.807, 2.05) is 0 Å². The Labute approximate surface area is 175 Å². The third kappa shape index (κ3) is 10.2. The number of hydrogen-bond donors (Lipinski definition) is 7. The predicted octanol–water partition coefficient (Wildman–Crippen LogP) is -2.47. The fourth-order valence-electron chi connectivity index (χ4n) is 2.52. The van der Waals surface area contributed by atoms with Gasteiger partial charge in [-0.1, -0.05) is 13.8 Å².